The van der Waals surface area contributed by atoms with Gasteiger partial charge in [0.15, 0.2) is 23.8 Å². The van der Waals surface area contributed by atoms with E-state index >= 15 is 0 Å². The molecular weight excluding hydrogens is 1190 g/mol. The normalized spacial score (nSPS) is 15.0. The molecule has 0 spiro atoms. The number of carbonyl (C=O) groups is 7. The van der Waals surface area contributed by atoms with Gasteiger partial charge in [0.2, 0.25) is 17.7 Å². The molecule has 3 N–H and O–H groups in total. The predicted molar refractivity (Wildman–Crippen MR) is 338 cm³/mol. The van der Waals surface area contributed by atoms with Crippen LogP contribution in [0.4, 0.5) is 0 Å². The van der Waals surface area contributed by atoms with E-state index in [0.29, 0.717) is 42.8 Å². The summed E-state index contributed by atoms with van der Waals surface area (Å²) in [5.41, 5.74) is 27.3. The lowest BCUT2D eigenvalue weighted by Crippen LogP contribution is -2.50. The first-order valence-electron chi connectivity index (χ1n) is 29.6. The van der Waals surface area contributed by atoms with E-state index in [-0.39, 0.29) is 120 Å². The van der Waals surface area contributed by atoms with Crippen LogP contribution in [0, 0.1) is 35.5 Å². The van der Waals surface area contributed by atoms with Gasteiger partial charge < -0.3 is 39.6 Å². The maximum Gasteiger partial charge on any atom is 0.357 e. The summed E-state index contributed by atoms with van der Waals surface area (Å²) < 4.78 is 19.5. The smallest absolute Gasteiger partial charge is 0.357 e. The third-order valence-corrected chi connectivity index (χ3v) is 18.1. The fourth-order valence-electron chi connectivity index (χ4n) is 8.64. The van der Waals surface area contributed by atoms with Gasteiger partial charge in [-0.3, -0.25) is 19.2 Å². The van der Waals surface area contributed by atoms with Gasteiger partial charge in [0, 0.05) is 73.7 Å². The number of methoxy groups -OCH3 is 3. The second kappa shape index (κ2) is 41.3. The Morgan fingerprint density at radius 2 is 0.920 bits per heavy atom. The van der Waals surface area contributed by atoms with Crippen molar-refractivity contribution in [2.24, 2.45) is 50.9 Å². The molecule has 3 amide bonds. The highest BCUT2D eigenvalue weighted by atomic mass is 32.1. The second-order valence-electron chi connectivity index (χ2n) is 22.6. The number of hydrogen-bond acceptors (Lipinski definition) is 21. The number of azide groups is 3. The molecule has 30 heteroatoms. The number of aliphatic hydroxyl groups excluding tert-OH is 1. The number of carbonyl (C=O) groups excluding carboxylic acids is 7. The van der Waals surface area contributed by atoms with Gasteiger partial charge in [-0.15, -0.1) is 34.0 Å². The summed E-state index contributed by atoms with van der Waals surface area (Å²) in [6.07, 6.45) is 3.45. The number of thiazole rings is 3. The Bertz CT molecular complexity index is 2710. The molecule has 0 aliphatic rings. The Morgan fingerprint density at radius 1 is 0.557 bits per heavy atom. The van der Waals surface area contributed by atoms with E-state index in [4.69, 9.17) is 30.8 Å². The van der Waals surface area contributed by atoms with Gasteiger partial charge in [-0.2, -0.15) is 0 Å². The number of nitrogens with zero attached hydrogens (tertiary/aromatic N) is 13. The van der Waals surface area contributed by atoms with Crippen LogP contribution in [0.5, 0.6) is 0 Å². The Balaban J connectivity index is 0.000000667. The number of amides is 3. The van der Waals surface area contributed by atoms with Crippen LogP contribution in [-0.2, 0) is 38.1 Å². The first-order chi connectivity index (χ1) is 41.6. The van der Waals surface area contributed by atoms with E-state index < -0.39 is 42.1 Å². The fourth-order valence-corrected chi connectivity index (χ4v) is 11.2. The average Bonchev–Trinajstić information content (AvgIpc) is 2.13. The number of nitrogens with one attached hydrogen (secondary N) is 2. The topological polar surface area (TPSA) is 389 Å². The number of aliphatic hydroxyl groups is 1. The third kappa shape index (κ3) is 25.7. The molecule has 3 rings (SSSR count). The van der Waals surface area contributed by atoms with E-state index in [1.165, 1.54) is 54.3 Å². The number of hydrogen-bond donors (Lipinski definition) is 3. The standard InChI is InChI=1S/C23H37N5O5S.C18H29N5O3S.C17H27N5O4S/c1-8-10-19(29)33-13-28(22(30)20(26-27-24)15(5)9-2)18(14(3)4)11-16(6)21-25-17(12-34-21)23(31)32-7;1-7-11(4)15(22-23-19)16(24)20-13(10(2)3)8-12(5)17-21-14(9-27-17)18(25)26-6;1-6-10(4)14(21-22-18)15(24)19-11(9(2)3)7-13(23)16-20-12(8-27-16)17(25)26-5/h12,14-16,18,20H,8-11,13H2,1-7H3;9-13,15H,7-8H2,1-6H3,(H,20,24);8-11,13-14,23H,6-7H2,1-5H3,(H,19,24)/t15-,16+,18+,20?;11-,12+,13+,15?;10-,11+,13+,14?/m000/s1. The van der Waals surface area contributed by atoms with Gasteiger partial charge in [-0.25, -0.2) is 29.3 Å². The van der Waals surface area contributed by atoms with Crippen LogP contribution >= 0.6 is 34.0 Å². The van der Waals surface area contributed by atoms with E-state index in [1.54, 1.807) is 10.8 Å². The molecule has 3 aromatic rings. The zero-order valence-corrected chi connectivity index (χ0v) is 56.7. The maximum absolute atomic E-state index is 13.6. The van der Waals surface area contributed by atoms with Crippen LogP contribution in [0.25, 0.3) is 31.3 Å². The highest BCUT2D eigenvalue weighted by Gasteiger charge is 2.36. The molecule has 27 nitrogen and oxygen atoms in total. The van der Waals surface area contributed by atoms with Gasteiger partial charge >= 0.3 is 23.9 Å². The SMILES string of the molecule is CCCC(=O)OCN(C(=O)C(N=[N+]=[N-])[C@@H](C)CC)[C@H](C[C@@H](C)c1nc(C(=O)OC)cs1)C(C)C.CC[C@H](C)C(N=[N+]=[N-])C(=O)N[C@H](C[C@@H](C)c1nc(C(=O)OC)cs1)C(C)C.CC[C@H](C)C(N=[N+]=[N-])C(=O)N[C@H](C[C@@H](O)c1nc(C(=O)OC)cs1)C(C)C. The van der Waals surface area contributed by atoms with E-state index in [0.717, 1.165) is 27.8 Å². The lowest BCUT2D eigenvalue weighted by molar-refractivity contribution is -0.157. The molecule has 0 radical (unpaired) electrons. The van der Waals surface area contributed by atoms with Gasteiger partial charge in [0.05, 0.1) is 31.3 Å². The summed E-state index contributed by atoms with van der Waals surface area (Å²) in [6.45, 7) is 28.9. The third-order valence-electron chi connectivity index (χ3n) is 15.0. The molecule has 490 valence electrons. The molecule has 12 atom stereocenters. The van der Waals surface area contributed by atoms with Gasteiger partial charge in [-0.1, -0.05) is 138 Å². The monoisotopic (exact) mass is 1290 g/mol. The van der Waals surface area contributed by atoms with Crippen LogP contribution in [0.3, 0.4) is 0 Å². The lowest BCUT2D eigenvalue weighted by Gasteiger charge is -2.37. The molecule has 3 heterocycles. The maximum atomic E-state index is 13.6. The second-order valence-corrected chi connectivity index (χ2v) is 25.2. The molecule has 3 aromatic heterocycles. The Kier molecular flexibility index (Phi) is 37.1. The highest BCUT2D eigenvalue weighted by molar-refractivity contribution is 7.10. The van der Waals surface area contributed by atoms with Crippen molar-refractivity contribution in [3.63, 3.8) is 0 Å². The van der Waals surface area contributed by atoms with E-state index in [1.807, 2.05) is 104 Å². The van der Waals surface area contributed by atoms with Crippen molar-refractivity contribution in [3.8, 4) is 0 Å². The van der Waals surface area contributed by atoms with Crippen molar-refractivity contribution in [3.05, 3.63) is 79.6 Å². The van der Waals surface area contributed by atoms with Crippen molar-refractivity contribution in [2.45, 2.75) is 209 Å². The molecule has 0 saturated heterocycles. The first-order valence-corrected chi connectivity index (χ1v) is 32.2. The number of ether oxygens (including phenoxy) is 4. The summed E-state index contributed by atoms with van der Waals surface area (Å²) in [5.74, 6) is -2.97. The largest absolute Gasteiger partial charge is 0.464 e. The zero-order chi connectivity index (χ0) is 67.0. The fraction of sp³-hybridized carbons (Fsp3) is 0.724. The number of rotatable bonds is 34. The summed E-state index contributed by atoms with van der Waals surface area (Å²) in [5, 5.41) is 34.3. The van der Waals surface area contributed by atoms with Crippen molar-refractivity contribution in [1.82, 2.24) is 30.5 Å². The highest BCUT2D eigenvalue weighted by Crippen LogP contribution is 2.32. The summed E-state index contributed by atoms with van der Waals surface area (Å²) in [6, 6.07) is -3.19. The predicted octanol–water partition coefficient (Wildman–Crippen LogP) is 12.8. The summed E-state index contributed by atoms with van der Waals surface area (Å²) in [4.78, 5) is 109. The molecule has 0 fully saturated rings. The molecule has 88 heavy (non-hydrogen) atoms. The number of esters is 4. The minimum absolute atomic E-state index is 0.0139. The van der Waals surface area contributed by atoms with Gasteiger partial charge in [-0.05, 0) is 71.4 Å². The molecule has 0 saturated carbocycles. The average molecular weight is 1290 g/mol. The van der Waals surface area contributed by atoms with Crippen LogP contribution < -0.4 is 10.6 Å². The van der Waals surface area contributed by atoms with Gasteiger partial charge in [0.25, 0.3) is 0 Å². The van der Waals surface area contributed by atoms with Gasteiger partial charge in [0.1, 0.15) is 29.2 Å². The Hall–Kier alpha value is -6.93. The molecule has 0 aliphatic heterocycles. The molecule has 0 bridgehead atoms. The Labute approximate surface area is 529 Å². The van der Waals surface area contributed by atoms with Crippen molar-refractivity contribution in [1.29, 1.82) is 0 Å². The molecular formula is C58H93N15O12S3. The van der Waals surface area contributed by atoms with Crippen LogP contribution in [-0.4, -0.2) is 131 Å². The summed E-state index contributed by atoms with van der Waals surface area (Å²) >= 11 is 3.92. The van der Waals surface area contributed by atoms with Crippen LogP contribution in [0.15, 0.2) is 31.5 Å². The lowest BCUT2D eigenvalue weighted by atomic mass is 9.91. The van der Waals surface area contributed by atoms with Crippen molar-refractivity contribution < 1.29 is 57.6 Å². The van der Waals surface area contributed by atoms with Crippen LogP contribution in [0.1, 0.15) is 220 Å². The molecule has 0 aliphatic carbocycles. The van der Waals surface area contributed by atoms with E-state index in [2.05, 4.69) is 60.4 Å². The number of aromatic nitrogens is 3. The van der Waals surface area contributed by atoms with Crippen molar-refractivity contribution in [2.75, 3.05) is 28.1 Å². The quantitative estimate of drug-likeness (QED) is 0.0125. The summed E-state index contributed by atoms with van der Waals surface area (Å²) in [7, 11) is 3.90. The first kappa shape index (κ1) is 79.1. The zero-order valence-electron chi connectivity index (χ0n) is 54.2. The molecule has 0 aromatic carbocycles. The molecule has 3 unspecified atom stereocenters. The minimum atomic E-state index is -0.942. The van der Waals surface area contributed by atoms with Crippen LogP contribution in [0.2, 0.25) is 0 Å². The van der Waals surface area contributed by atoms with E-state index in [9.17, 15) is 38.7 Å². The Morgan fingerprint density at radius 3 is 1.28 bits per heavy atom. The minimum Gasteiger partial charge on any atom is -0.464 e. The van der Waals surface area contributed by atoms with Crippen molar-refractivity contribution >= 4 is 75.6 Å².